The number of nitrogens with zero attached hydrogens (tertiary/aromatic N) is 7. The number of hydrogen-bond donors (Lipinski definition) is 1. The molecule has 2 aliphatic heterocycles. The van der Waals surface area contributed by atoms with Crippen LogP contribution in [0.15, 0.2) is 30.6 Å². The van der Waals surface area contributed by atoms with Crippen molar-refractivity contribution in [2.45, 2.75) is 6.92 Å². The zero-order valence-electron chi connectivity index (χ0n) is 18.6. The predicted molar refractivity (Wildman–Crippen MR) is 122 cm³/mol. The summed E-state index contributed by atoms with van der Waals surface area (Å²) in [5, 5.41) is 3.47. The lowest BCUT2D eigenvalue weighted by Crippen LogP contribution is -2.56. The van der Waals surface area contributed by atoms with E-state index in [1.807, 2.05) is 28.8 Å². The molecule has 0 saturated carbocycles. The van der Waals surface area contributed by atoms with Crippen molar-refractivity contribution >= 4 is 22.9 Å². The second kappa shape index (κ2) is 9.35. The van der Waals surface area contributed by atoms with Crippen molar-refractivity contribution in [3.05, 3.63) is 30.6 Å². The second-order valence-electron chi connectivity index (χ2n) is 8.33. The number of aromatic nitrogens is 5. The highest BCUT2D eigenvalue weighted by Crippen LogP contribution is 2.19. The Kier molecular flexibility index (Phi) is 6.15. The van der Waals surface area contributed by atoms with Gasteiger partial charge in [0.15, 0.2) is 0 Å². The summed E-state index contributed by atoms with van der Waals surface area (Å²) < 4.78 is 14.1. The zero-order valence-corrected chi connectivity index (χ0v) is 18.6. The number of likely N-dealkylation sites (N-methyl/N-ethyl adjacent to an activating group) is 1. The molecule has 10 heteroatoms. The first-order valence-electron chi connectivity index (χ1n) is 11.4. The van der Waals surface area contributed by atoms with E-state index >= 15 is 0 Å². The van der Waals surface area contributed by atoms with E-state index in [1.54, 1.807) is 6.33 Å². The average molecular weight is 440 g/mol. The molecule has 10 nitrogen and oxygen atoms in total. The molecule has 1 aromatic carbocycles. The first-order valence-corrected chi connectivity index (χ1v) is 11.4. The Morgan fingerprint density at radius 1 is 0.969 bits per heavy atom. The first-order chi connectivity index (χ1) is 15.8. The summed E-state index contributed by atoms with van der Waals surface area (Å²) >= 11 is 0. The van der Waals surface area contributed by atoms with E-state index < -0.39 is 0 Å². The monoisotopic (exact) mass is 439 g/mol. The molecule has 170 valence electrons. The Hall–Kier alpha value is -2.82. The van der Waals surface area contributed by atoms with Crippen molar-refractivity contribution in [1.29, 1.82) is 0 Å². The van der Waals surface area contributed by atoms with Crippen LogP contribution in [0.4, 0.5) is 11.9 Å². The van der Waals surface area contributed by atoms with Crippen LogP contribution in [-0.2, 0) is 9.47 Å². The van der Waals surface area contributed by atoms with Crippen molar-refractivity contribution in [2.75, 3.05) is 82.5 Å². The van der Waals surface area contributed by atoms with Crippen LogP contribution in [0.25, 0.3) is 17.0 Å². The Labute approximate surface area is 187 Å². The molecule has 5 rings (SSSR count). The zero-order chi connectivity index (χ0) is 21.8. The fourth-order valence-electron chi connectivity index (χ4n) is 4.40. The summed E-state index contributed by atoms with van der Waals surface area (Å²) in [6, 6.07) is 8.00. The number of ether oxygens (including phenoxy) is 2. The van der Waals surface area contributed by atoms with Gasteiger partial charge in [-0.25, -0.2) is 4.98 Å². The van der Waals surface area contributed by atoms with Crippen LogP contribution in [0.3, 0.4) is 0 Å². The van der Waals surface area contributed by atoms with Gasteiger partial charge >= 0.3 is 0 Å². The molecular weight excluding hydrogens is 408 g/mol. The summed E-state index contributed by atoms with van der Waals surface area (Å²) in [6.45, 7) is 11.8. The third-order valence-corrected chi connectivity index (χ3v) is 6.53. The van der Waals surface area contributed by atoms with E-state index in [4.69, 9.17) is 24.4 Å². The summed E-state index contributed by atoms with van der Waals surface area (Å²) in [5.41, 5.74) is 1.89. The molecular formula is C22H31N8O2+. The highest BCUT2D eigenvalue weighted by atomic mass is 16.5. The quantitative estimate of drug-likeness (QED) is 0.552. The fraction of sp³-hybridized carbons (Fsp3) is 0.545. The molecule has 3 aromatic rings. The molecule has 0 atom stereocenters. The van der Waals surface area contributed by atoms with Crippen LogP contribution in [0.1, 0.15) is 6.92 Å². The van der Waals surface area contributed by atoms with E-state index in [0.717, 1.165) is 74.5 Å². The number of imidazole rings is 1. The van der Waals surface area contributed by atoms with Crippen molar-refractivity contribution < 1.29 is 14.0 Å². The van der Waals surface area contributed by atoms with Crippen LogP contribution >= 0.6 is 0 Å². The number of rotatable bonds is 7. The minimum Gasteiger partial charge on any atom is -0.378 e. The minimum absolute atomic E-state index is 0.573. The summed E-state index contributed by atoms with van der Waals surface area (Å²) in [6.07, 6.45) is 1.78. The van der Waals surface area contributed by atoms with Crippen LogP contribution in [-0.4, -0.2) is 101 Å². The van der Waals surface area contributed by atoms with Crippen LogP contribution in [0, 0.1) is 0 Å². The number of fused-ring (bicyclic) bond motifs is 1. The van der Waals surface area contributed by atoms with Gasteiger partial charge in [0.25, 0.3) is 0 Å². The maximum atomic E-state index is 5.57. The van der Waals surface area contributed by atoms with Gasteiger partial charge in [-0.05, 0) is 19.1 Å². The Balaban J connectivity index is 1.41. The summed E-state index contributed by atoms with van der Waals surface area (Å²) in [5.74, 6) is 1.84. The number of nitrogens with one attached hydrogen (secondary N) is 1. The predicted octanol–water partition coefficient (Wildman–Crippen LogP) is 1.33. The van der Waals surface area contributed by atoms with Gasteiger partial charge in [0.2, 0.25) is 17.8 Å². The summed E-state index contributed by atoms with van der Waals surface area (Å²) in [4.78, 5) is 20.9. The number of quaternary nitrogens is 1. The lowest BCUT2D eigenvalue weighted by molar-refractivity contribution is -0.932. The van der Waals surface area contributed by atoms with Gasteiger partial charge in [0.1, 0.15) is 19.4 Å². The van der Waals surface area contributed by atoms with Gasteiger partial charge in [0.05, 0.1) is 57.1 Å². The number of para-hydroxylation sites is 2. The normalized spacial score (nSPS) is 18.7. The molecule has 0 aliphatic carbocycles. The van der Waals surface area contributed by atoms with Gasteiger partial charge in [0, 0.05) is 13.1 Å². The van der Waals surface area contributed by atoms with Crippen molar-refractivity contribution in [1.82, 2.24) is 24.5 Å². The molecule has 4 heterocycles. The van der Waals surface area contributed by atoms with E-state index in [9.17, 15) is 0 Å². The molecule has 0 bridgehead atoms. The molecule has 0 unspecified atom stereocenters. The standard InChI is InChI=1S/C22H31N8O2/c1-2-30(11-15-32-16-12-30)10-7-23-20-25-21(28-8-13-31-14-9-28)27-22(26-20)29-17-24-18-5-3-4-6-19(18)29/h3-6,17H,2,7-16H2,1H3,(H,23,25,26,27)/q+1. The topological polar surface area (TPSA) is 90.2 Å². The molecule has 2 fully saturated rings. The average Bonchev–Trinajstić information content (AvgIpc) is 3.29. The highest BCUT2D eigenvalue weighted by Gasteiger charge is 2.28. The Morgan fingerprint density at radius 3 is 2.53 bits per heavy atom. The molecule has 2 saturated heterocycles. The molecule has 2 aliphatic rings. The number of hydrogen-bond acceptors (Lipinski definition) is 8. The number of benzene rings is 1. The van der Waals surface area contributed by atoms with Crippen molar-refractivity contribution in [3.8, 4) is 5.95 Å². The smallest absolute Gasteiger partial charge is 0.242 e. The highest BCUT2D eigenvalue weighted by molar-refractivity contribution is 5.76. The maximum absolute atomic E-state index is 5.57. The van der Waals surface area contributed by atoms with Crippen molar-refractivity contribution in [3.63, 3.8) is 0 Å². The van der Waals surface area contributed by atoms with Gasteiger partial charge in [-0.3, -0.25) is 4.57 Å². The lowest BCUT2D eigenvalue weighted by Gasteiger charge is -2.40. The van der Waals surface area contributed by atoms with Gasteiger partial charge in [-0.1, -0.05) is 12.1 Å². The number of morpholine rings is 2. The fourth-order valence-corrected chi connectivity index (χ4v) is 4.40. The maximum Gasteiger partial charge on any atom is 0.242 e. The minimum atomic E-state index is 0.573. The van der Waals surface area contributed by atoms with E-state index in [0.29, 0.717) is 31.1 Å². The van der Waals surface area contributed by atoms with E-state index in [1.165, 1.54) is 0 Å². The Morgan fingerprint density at radius 2 is 1.72 bits per heavy atom. The van der Waals surface area contributed by atoms with Crippen LogP contribution in [0.5, 0.6) is 0 Å². The van der Waals surface area contributed by atoms with Gasteiger partial charge < -0.3 is 24.2 Å². The lowest BCUT2D eigenvalue weighted by atomic mass is 10.3. The van der Waals surface area contributed by atoms with E-state index in [2.05, 4.69) is 22.1 Å². The summed E-state index contributed by atoms with van der Waals surface area (Å²) in [7, 11) is 0. The molecule has 32 heavy (non-hydrogen) atoms. The second-order valence-corrected chi connectivity index (χ2v) is 8.33. The SMILES string of the molecule is CC[N+]1(CCNc2nc(N3CCOCC3)nc(-n3cnc4ccccc43)n2)CCOCC1. The molecule has 0 radical (unpaired) electrons. The number of anilines is 2. The third-order valence-electron chi connectivity index (χ3n) is 6.53. The van der Waals surface area contributed by atoms with E-state index in [-0.39, 0.29) is 0 Å². The Bertz CT molecular complexity index is 1040. The third kappa shape index (κ3) is 4.38. The molecule has 0 spiro atoms. The molecule has 1 N–H and O–H groups in total. The first kappa shape index (κ1) is 21.0. The van der Waals surface area contributed by atoms with Crippen molar-refractivity contribution in [2.24, 2.45) is 0 Å². The molecule has 2 aromatic heterocycles. The van der Waals surface area contributed by atoms with Gasteiger partial charge in [-0.15, -0.1) is 0 Å². The van der Waals surface area contributed by atoms with Crippen LogP contribution in [0.2, 0.25) is 0 Å². The largest absolute Gasteiger partial charge is 0.378 e. The van der Waals surface area contributed by atoms with Gasteiger partial charge in [-0.2, -0.15) is 15.0 Å². The molecule has 0 amide bonds. The van der Waals surface area contributed by atoms with Crippen LogP contribution < -0.4 is 10.2 Å².